The van der Waals surface area contributed by atoms with E-state index in [2.05, 4.69) is 16.4 Å². The lowest BCUT2D eigenvalue weighted by Crippen LogP contribution is -2.23. The van der Waals surface area contributed by atoms with Crippen LogP contribution < -0.4 is 5.32 Å². The van der Waals surface area contributed by atoms with Gasteiger partial charge in [-0.15, -0.1) is 0 Å². The number of hydrogen-bond donors (Lipinski definition) is 1. The molecular weight excluding hydrogens is 392 g/mol. The first-order chi connectivity index (χ1) is 14.5. The Balaban J connectivity index is 1.56. The van der Waals surface area contributed by atoms with Gasteiger partial charge in [-0.3, -0.25) is 9.78 Å². The van der Waals surface area contributed by atoms with E-state index in [-0.39, 0.29) is 11.2 Å². The topological polar surface area (TPSA) is 78.7 Å². The molecule has 2 aromatic heterocycles. The highest BCUT2D eigenvalue weighted by atomic mass is 32.2. The smallest absolute Gasteiger partial charge is 0.237 e. The number of pyridine rings is 2. The molecule has 1 aliphatic carbocycles. The van der Waals surface area contributed by atoms with E-state index in [1.807, 2.05) is 50.2 Å². The third kappa shape index (κ3) is 4.31. The molecule has 0 bridgehead atoms. The van der Waals surface area contributed by atoms with E-state index < -0.39 is 0 Å². The summed E-state index contributed by atoms with van der Waals surface area (Å²) in [6.07, 6.45) is 5.38. The van der Waals surface area contributed by atoms with Gasteiger partial charge in [0.1, 0.15) is 11.1 Å². The van der Waals surface area contributed by atoms with Crippen LogP contribution >= 0.6 is 11.8 Å². The van der Waals surface area contributed by atoms with Gasteiger partial charge in [0.25, 0.3) is 0 Å². The number of nitrogens with zero attached hydrogens (tertiary/aromatic N) is 3. The maximum absolute atomic E-state index is 13.0. The van der Waals surface area contributed by atoms with Crippen molar-refractivity contribution in [2.45, 2.75) is 56.2 Å². The molecule has 30 heavy (non-hydrogen) atoms. The van der Waals surface area contributed by atoms with Crippen molar-refractivity contribution in [2.75, 3.05) is 5.32 Å². The van der Waals surface area contributed by atoms with Crippen molar-refractivity contribution in [3.8, 4) is 6.07 Å². The number of para-hydroxylation sites is 1. The SMILES string of the molecule is Cc1cc(NC(=O)C(C)Sc2nc3c(cc2C#N)CCCCC3)c2ccccc2n1. The molecule has 0 saturated carbocycles. The van der Waals surface area contributed by atoms with Crippen molar-refractivity contribution < 1.29 is 4.79 Å². The van der Waals surface area contributed by atoms with Crippen LogP contribution in [0.3, 0.4) is 0 Å². The zero-order chi connectivity index (χ0) is 21.1. The van der Waals surface area contributed by atoms with Gasteiger partial charge in [-0.1, -0.05) is 36.4 Å². The number of nitrogens with one attached hydrogen (secondary N) is 1. The molecule has 1 aromatic carbocycles. The maximum atomic E-state index is 13.0. The zero-order valence-electron chi connectivity index (χ0n) is 17.2. The second-order valence-corrected chi connectivity index (χ2v) is 9.03. The van der Waals surface area contributed by atoms with Crippen molar-refractivity contribution in [3.05, 3.63) is 58.9 Å². The van der Waals surface area contributed by atoms with E-state index in [0.29, 0.717) is 10.6 Å². The van der Waals surface area contributed by atoms with Crippen LogP contribution in [0.15, 0.2) is 41.4 Å². The first-order valence-corrected chi connectivity index (χ1v) is 11.2. The molecule has 1 amide bonds. The lowest BCUT2D eigenvalue weighted by atomic mass is 10.1. The van der Waals surface area contributed by atoms with Gasteiger partial charge in [-0.2, -0.15) is 5.26 Å². The van der Waals surface area contributed by atoms with E-state index in [4.69, 9.17) is 4.98 Å². The minimum Gasteiger partial charge on any atom is -0.324 e. The standard InChI is InChI=1S/C24H24N4OS/c1-15-12-22(19-9-6-7-11-21(19)26-15)27-23(29)16(2)30-24-18(14-25)13-17-8-4-3-5-10-20(17)28-24/h6-7,9,11-13,16H,3-5,8,10H2,1-2H3,(H,26,27,29). The molecule has 0 radical (unpaired) electrons. The number of carbonyl (C=O) groups is 1. The van der Waals surface area contributed by atoms with Crippen molar-refractivity contribution in [3.63, 3.8) is 0 Å². The molecule has 0 aliphatic heterocycles. The monoisotopic (exact) mass is 416 g/mol. The minimum atomic E-state index is -0.388. The number of aryl methyl sites for hydroxylation is 3. The Labute approximate surface area is 180 Å². The Morgan fingerprint density at radius 1 is 1.17 bits per heavy atom. The third-order valence-corrected chi connectivity index (χ3v) is 6.50. The summed E-state index contributed by atoms with van der Waals surface area (Å²) in [4.78, 5) is 22.3. The van der Waals surface area contributed by atoms with E-state index in [9.17, 15) is 10.1 Å². The van der Waals surface area contributed by atoms with Gasteiger partial charge in [-0.05, 0) is 63.3 Å². The van der Waals surface area contributed by atoms with Gasteiger partial charge in [0.15, 0.2) is 0 Å². The van der Waals surface area contributed by atoms with Crippen LogP contribution in [0.5, 0.6) is 0 Å². The maximum Gasteiger partial charge on any atom is 0.237 e. The number of thioether (sulfide) groups is 1. The molecule has 1 atom stereocenters. The molecule has 1 N–H and O–H groups in total. The highest BCUT2D eigenvalue weighted by Gasteiger charge is 2.21. The Hall–Kier alpha value is -2.91. The van der Waals surface area contributed by atoms with Crippen LogP contribution in [-0.2, 0) is 17.6 Å². The fourth-order valence-corrected chi connectivity index (χ4v) is 4.72. The molecule has 0 fully saturated rings. The second kappa shape index (κ2) is 8.85. The Kier molecular flexibility index (Phi) is 6.01. The van der Waals surface area contributed by atoms with Crippen molar-refractivity contribution in [1.82, 2.24) is 9.97 Å². The fourth-order valence-electron chi connectivity index (χ4n) is 3.83. The number of nitriles is 1. The quantitative estimate of drug-likeness (QED) is 0.467. The third-order valence-electron chi connectivity index (χ3n) is 5.40. The fraction of sp³-hybridized carbons (Fsp3) is 0.333. The number of aromatic nitrogens is 2. The van der Waals surface area contributed by atoms with Gasteiger partial charge in [0.05, 0.1) is 22.0 Å². The molecule has 1 aliphatic rings. The summed E-state index contributed by atoms with van der Waals surface area (Å²) in [5, 5.41) is 13.8. The van der Waals surface area contributed by atoms with E-state index >= 15 is 0 Å². The average molecular weight is 417 g/mol. The summed E-state index contributed by atoms with van der Waals surface area (Å²) in [5.74, 6) is -0.114. The van der Waals surface area contributed by atoms with Gasteiger partial charge < -0.3 is 5.32 Å². The number of anilines is 1. The summed E-state index contributed by atoms with van der Waals surface area (Å²) in [6.45, 7) is 3.77. The zero-order valence-corrected chi connectivity index (χ0v) is 18.1. The summed E-state index contributed by atoms with van der Waals surface area (Å²) < 4.78 is 0. The van der Waals surface area contributed by atoms with Crippen LogP contribution in [0, 0.1) is 18.3 Å². The van der Waals surface area contributed by atoms with E-state index in [1.165, 1.54) is 23.7 Å². The average Bonchev–Trinajstić information content (AvgIpc) is 2.97. The molecular formula is C24H24N4OS. The van der Waals surface area contributed by atoms with Crippen LogP contribution in [0.4, 0.5) is 5.69 Å². The molecule has 0 spiro atoms. The van der Waals surface area contributed by atoms with E-state index in [0.717, 1.165) is 53.7 Å². The highest BCUT2D eigenvalue weighted by molar-refractivity contribution is 8.00. The molecule has 152 valence electrons. The highest BCUT2D eigenvalue weighted by Crippen LogP contribution is 2.30. The van der Waals surface area contributed by atoms with E-state index in [1.54, 1.807) is 0 Å². The Morgan fingerprint density at radius 3 is 2.80 bits per heavy atom. The molecule has 5 nitrogen and oxygen atoms in total. The summed E-state index contributed by atoms with van der Waals surface area (Å²) in [7, 11) is 0. The molecule has 4 rings (SSSR count). The minimum absolute atomic E-state index is 0.114. The number of benzene rings is 1. The van der Waals surface area contributed by atoms with Gasteiger partial charge in [0, 0.05) is 16.8 Å². The number of fused-ring (bicyclic) bond motifs is 2. The van der Waals surface area contributed by atoms with Crippen LogP contribution in [-0.4, -0.2) is 21.1 Å². The summed E-state index contributed by atoms with van der Waals surface area (Å²) in [6, 6.07) is 13.9. The van der Waals surface area contributed by atoms with Crippen molar-refractivity contribution in [1.29, 1.82) is 5.26 Å². The molecule has 6 heteroatoms. The first-order valence-electron chi connectivity index (χ1n) is 10.3. The van der Waals surface area contributed by atoms with Crippen LogP contribution in [0.25, 0.3) is 10.9 Å². The number of hydrogen-bond acceptors (Lipinski definition) is 5. The second-order valence-electron chi connectivity index (χ2n) is 7.70. The largest absolute Gasteiger partial charge is 0.324 e. The van der Waals surface area contributed by atoms with Crippen molar-refractivity contribution >= 4 is 34.3 Å². The van der Waals surface area contributed by atoms with Gasteiger partial charge >= 0.3 is 0 Å². The van der Waals surface area contributed by atoms with Crippen LogP contribution in [0.1, 0.15) is 48.7 Å². The molecule has 1 unspecified atom stereocenters. The van der Waals surface area contributed by atoms with Crippen LogP contribution in [0.2, 0.25) is 0 Å². The Bertz CT molecular complexity index is 1150. The van der Waals surface area contributed by atoms with Gasteiger partial charge in [-0.25, -0.2) is 4.98 Å². The predicted octanol–water partition coefficient (Wildman–Crippen LogP) is 5.20. The normalized spacial score (nSPS) is 14.4. The summed E-state index contributed by atoms with van der Waals surface area (Å²) in [5.41, 5.74) is 5.29. The number of rotatable bonds is 4. The summed E-state index contributed by atoms with van der Waals surface area (Å²) >= 11 is 1.35. The number of carbonyl (C=O) groups excluding carboxylic acids is 1. The molecule has 0 saturated heterocycles. The predicted molar refractivity (Wildman–Crippen MR) is 121 cm³/mol. The lowest BCUT2D eigenvalue weighted by Gasteiger charge is -2.15. The Morgan fingerprint density at radius 2 is 1.97 bits per heavy atom. The molecule has 3 aromatic rings. The number of amides is 1. The first kappa shape index (κ1) is 20.4. The molecule has 2 heterocycles. The van der Waals surface area contributed by atoms with Crippen molar-refractivity contribution in [2.24, 2.45) is 0 Å². The lowest BCUT2D eigenvalue weighted by molar-refractivity contribution is -0.115. The van der Waals surface area contributed by atoms with Gasteiger partial charge in [0.2, 0.25) is 5.91 Å².